The van der Waals surface area contributed by atoms with Crippen molar-refractivity contribution in [3.8, 4) is 78.8 Å². The topological polar surface area (TPSA) is 51.6 Å². The summed E-state index contributed by atoms with van der Waals surface area (Å²) in [6, 6.07) is 72.0. The van der Waals surface area contributed by atoms with Gasteiger partial charge in [0.25, 0.3) is 0 Å². The normalized spacial score (nSPS) is 11.4. The summed E-state index contributed by atoms with van der Waals surface area (Å²) >= 11 is 1.81. The lowest BCUT2D eigenvalue weighted by atomic mass is 9.95. The van der Waals surface area contributed by atoms with Crippen molar-refractivity contribution in [3.63, 3.8) is 0 Å². The van der Waals surface area contributed by atoms with Gasteiger partial charge in [-0.2, -0.15) is 0 Å². The molecule has 0 atom stereocenters. The van der Waals surface area contributed by atoms with Gasteiger partial charge in [0.1, 0.15) is 0 Å². The van der Waals surface area contributed by atoms with E-state index < -0.39 is 0 Å². The zero-order chi connectivity index (χ0) is 39.1. The highest BCUT2D eigenvalue weighted by molar-refractivity contribution is 7.26. The molecular formula is C54H34N4S. The zero-order valence-corrected chi connectivity index (χ0v) is 32.6. The van der Waals surface area contributed by atoms with Gasteiger partial charge in [0.2, 0.25) is 0 Å². The standard InChI is InChI=1S/C54H34N4S/c1-4-13-35(14-5-1)37-23-29-41(30-24-37)52-56-53(42-31-25-38(26-32-42)36-15-6-2-7-16-36)58-54(57-52)43-33-27-40(28-34-43)50-51-49(45-19-10-11-22-47(45)59-51)48-44(20-12-21-46(48)55-50)39-17-8-3-9-18-39/h1-34H. The molecule has 276 valence electrons. The van der Waals surface area contributed by atoms with Crippen LogP contribution in [-0.2, 0) is 0 Å². The molecule has 5 heteroatoms. The van der Waals surface area contributed by atoms with Crippen LogP contribution >= 0.6 is 11.3 Å². The fraction of sp³-hybridized carbons (Fsp3) is 0. The van der Waals surface area contributed by atoms with E-state index in [-0.39, 0.29) is 0 Å². The number of fused-ring (bicyclic) bond motifs is 5. The predicted octanol–water partition coefficient (Wildman–Crippen LogP) is 14.5. The van der Waals surface area contributed by atoms with E-state index in [2.05, 4.69) is 194 Å². The molecule has 0 radical (unpaired) electrons. The third-order valence-corrected chi connectivity index (χ3v) is 12.1. The lowest BCUT2D eigenvalue weighted by molar-refractivity contribution is 1.07. The monoisotopic (exact) mass is 770 g/mol. The summed E-state index contributed by atoms with van der Waals surface area (Å²) in [6.45, 7) is 0. The van der Waals surface area contributed by atoms with Gasteiger partial charge < -0.3 is 0 Å². The number of aromatic nitrogens is 4. The third-order valence-electron chi connectivity index (χ3n) is 11.0. The maximum atomic E-state index is 5.39. The molecule has 0 amide bonds. The molecule has 0 unspecified atom stereocenters. The SMILES string of the molecule is c1ccc(-c2ccc(-c3nc(-c4ccc(-c5ccccc5)cc4)nc(-c4ccc(-c5nc6cccc(-c7ccccc7)c6c6c5sc5ccccc56)cc4)n3)cc2)cc1. The summed E-state index contributed by atoms with van der Waals surface area (Å²) in [4.78, 5) is 20.6. The van der Waals surface area contributed by atoms with Crippen molar-refractivity contribution in [2.24, 2.45) is 0 Å². The number of thiophene rings is 1. The lowest BCUT2D eigenvalue weighted by Crippen LogP contribution is -2.00. The summed E-state index contributed by atoms with van der Waals surface area (Å²) in [5.41, 5.74) is 12.7. The molecule has 0 spiro atoms. The number of benzene rings is 8. The van der Waals surface area contributed by atoms with Crippen LogP contribution in [-0.4, -0.2) is 19.9 Å². The van der Waals surface area contributed by atoms with E-state index in [1.54, 1.807) is 11.3 Å². The Hall–Kier alpha value is -7.60. The molecule has 0 fully saturated rings. The van der Waals surface area contributed by atoms with E-state index in [1.807, 2.05) is 12.1 Å². The van der Waals surface area contributed by atoms with Crippen LogP contribution in [0.4, 0.5) is 0 Å². The Morgan fingerprint density at radius 2 is 0.712 bits per heavy atom. The minimum Gasteiger partial charge on any atom is -0.246 e. The van der Waals surface area contributed by atoms with Gasteiger partial charge in [0, 0.05) is 43.1 Å². The fourth-order valence-corrected chi connectivity index (χ4v) is 9.23. The molecule has 0 bridgehead atoms. The van der Waals surface area contributed by atoms with Crippen molar-refractivity contribution in [2.45, 2.75) is 0 Å². The molecule has 0 aliphatic rings. The quantitative estimate of drug-likeness (QED) is 0.162. The minimum absolute atomic E-state index is 0.613. The largest absolute Gasteiger partial charge is 0.246 e. The maximum absolute atomic E-state index is 5.39. The van der Waals surface area contributed by atoms with Gasteiger partial charge in [-0.05, 0) is 45.5 Å². The van der Waals surface area contributed by atoms with Crippen LogP contribution in [0.5, 0.6) is 0 Å². The van der Waals surface area contributed by atoms with E-state index in [0.717, 1.165) is 44.6 Å². The van der Waals surface area contributed by atoms with E-state index >= 15 is 0 Å². The molecule has 0 aliphatic heterocycles. The Bertz CT molecular complexity index is 3170. The maximum Gasteiger partial charge on any atom is 0.164 e. The molecule has 11 aromatic rings. The molecule has 59 heavy (non-hydrogen) atoms. The van der Waals surface area contributed by atoms with Crippen molar-refractivity contribution in [2.75, 3.05) is 0 Å². The van der Waals surface area contributed by atoms with E-state index in [9.17, 15) is 0 Å². The molecule has 11 rings (SSSR count). The summed E-state index contributed by atoms with van der Waals surface area (Å²) in [5, 5.41) is 3.68. The summed E-state index contributed by atoms with van der Waals surface area (Å²) in [7, 11) is 0. The van der Waals surface area contributed by atoms with Crippen molar-refractivity contribution >= 4 is 42.4 Å². The van der Waals surface area contributed by atoms with Gasteiger partial charge >= 0.3 is 0 Å². The van der Waals surface area contributed by atoms with E-state index in [4.69, 9.17) is 19.9 Å². The second-order valence-corrected chi connectivity index (χ2v) is 15.7. The van der Waals surface area contributed by atoms with Crippen molar-refractivity contribution in [3.05, 3.63) is 206 Å². The smallest absolute Gasteiger partial charge is 0.164 e. The Balaban J connectivity index is 1.03. The average molecular weight is 771 g/mol. The highest BCUT2D eigenvalue weighted by atomic mass is 32.1. The van der Waals surface area contributed by atoms with Crippen LogP contribution in [0, 0.1) is 0 Å². The van der Waals surface area contributed by atoms with Gasteiger partial charge in [-0.25, -0.2) is 19.9 Å². The van der Waals surface area contributed by atoms with E-state index in [1.165, 1.54) is 47.8 Å². The molecule has 0 saturated carbocycles. The van der Waals surface area contributed by atoms with Crippen molar-refractivity contribution in [1.82, 2.24) is 19.9 Å². The second kappa shape index (κ2) is 14.7. The minimum atomic E-state index is 0.613. The summed E-state index contributed by atoms with van der Waals surface area (Å²) in [6.07, 6.45) is 0. The van der Waals surface area contributed by atoms with Crippen LogP contribution in [0.15, 0.2) is 206 Å². The number of pyridine rings is 1. The first kappa shape index (κ1) is 34.6. The Labute approximate surface area is 345 Å². The molecule has 4 nitrogen and oxygen atoms in total. The van der Waals surface area contributed by atoms with Crippen LogP contribution in [0.2, 0.25) is 0 Å². The fourth-order valence-electron chi connectivity index (χ4n) is 8.01. The molecule has 8 aromatic carbocycles. The second-order valence-electron chi connectivity index (χ2n) is 14.6. The molecular weight excluding hydrogens is 737 g/mol. The van der Waals surface area contributed by atoms with Crippen molar-refractivity contribution in [1.29, 1.82) is 0 Å². The highest BCUT2D eigenvalue weighted by Crippen LogP contribution is 2.45. The zero-order valence-electron chi connectivity index (χ0n) is 31.8. The molecule has 0 N–H and O–H groups in total. The van der Waals surface area contributed by atoms with Crippen LogP contribution in [0.3, 0.4) is 0 Å². The number of nitrogens with zero attached hydrogens (tertiary/aromatic N) is 4. The van der Waals surface area contributed by atoms with Crippen LogP contribution < -0.4 is 0 Å². The number of hydrogen-bond donors (Lipinski definition) is 0. The van der Waals surface area contributed by atoms with Gasteiger partial charge in [0.15, 0.2) is 17.5 Å². The third kappa shape index (κ3) is 6.44. The Kier molecular flexibility index (Phi) is 8.64. The first-order valence-electron chi connectivity index (χ1n) is 19.7. The number of rotatable bonds is 7. The van der Waals surface area contributed by atoms with Crippen LogP contribution in [0.25, 0.3) is 110 Å². The molecule has 3 heterocycles. The molecule has 0 aliphatic carbocycles. The Morgan fingerprint density at radius 3 is 1.24 bits per heavy atom. The highest BCUT2D eigenvalue weighted by Gasteiger charge is 2.19. The van der Waals surface area contributed by atoms with Crippen LogP contribution in [0.1, 0.15) is 0 Å². The Morgan fingerprint density at radius 1 is 0.288 bits per heavy atom. The summed E-state index contributed by atoms with van der Waals surface area (Å²) in [5.74, 6) is 1.86. The average Bonchev–Trinajstić information content (AvgIpc) is 3.72. The summed E-state index contributed by atoms with van der Waals surface area (Å²) < 4.78 is 2.42. The predicted molar refractivity (Wildman–Crippen MR) is 246 cm³/mol. The van der Waals surface area contributed by atoms with Gasteiger partial charge in [-0.1, -0.05) is 194 Å². The van der Waals surface area contributed by atoms with Gasteiger partial charge in [0.05, 0.1) is 15.9 Å². The lowest BCUT2D eigenvalue weighted by Gasteiger charge is -2.12. The van der Waals surface area contributed by atoms with E-state index in [0.29, 0.717) is 17.5 Å². The molecule has 0 saturated heterocycles. The first-order valence-corrected chi connectivity index (χ1v) is 20.5. The number of hydrogen-bond acceptors (Lipinski definition) is 5. The van der Waals surface area contributed by atoms with Gasteiger partial charge in [-0.15, -0.1) is 11.3 Å². The van der Waals surface area contributed by atoms with Crippen molar-refractivity contribution < 1.29 is 0 Å². The van der Waals surface area contributed by atoms with Gasteiger partial charge in [-0.3, -0.25) is 0 Å². The first-order chi connectivity index (χ1) is 29.2. The molecule has 3 aromatic heterocycles.